The van der Waals surface area contributed by atoms with Crippen molar-refractivity contribution in [2.45, 2.75) is 24.2 Å². The summed E-state index contributed by atoms with van der Waals surface area (Å²) in [6.07, 6.45) is 5.51. The molecule has 1 aromatic heterocycles. The van der Waals surface area contributed by atoms with Crippen LogP contribution < -0.4 is 10.7 Å². The molecule has 3 rings (SSSR count). The molecular weight excluding hydrogens is 396 g/mol. The zero-order valence-corrected chi connectivity index (χ0v) is 16.7. The smallest absolute Gasteiger partial charge is 0.292 e. The first-order valence-electron chi connectivity index (χ1n) is 9.13. The van der Waals surface area contributed by atoms with Gasteiger partial charge in [0.15, 0.2) is 0 Å². The highest BCUT2D eigenvalue weighted by Crippen LogP contribution is 2.24. The van der Waals surface area contributed by atoms with Crippen LogP contribution in [-0.4, -0.2) is 49.0 Å². The van der Waals surface area contributed by atoms with Crippen molar-refractivity contribution in [2.75, 3.05) is 30.9 Å². The topological polar surface area (TPSA) is 130 Å². The first-order chi connectivity index (χ1) is 13.9. The first-order valence-corrected chi connectivity index (χ1v) is 10.6. The predicted octanol–water partition coefficient (Wildman–Crippen LogP) is 2.65. The Labute approximate surface area is 168 Å². The molecule has 1 aliphatic rings. The maximum atomic E-state index is 12.6. The van der Waals surface area contributed by atoms with Gasteiger partial charge in [-0.15, -0.1) is 0 Å². The molecule has 1 aromatic carbocycles. The van der Waals surface area contributed by atoms with Crippen LogP contribution in [0, 0.1) is 10.1 Å². The molecule has 1 aliphatic heterocycles. The Morgan fingerprint density at radius 2 is 1.97 bits per heavy atom. The number of nitro groups is 1. The number of nitrogens with one attached hydrogen (secondary N) is 2. The summed E-state index contributed by atoms with van der Waals surface area (Å²) in [7, 11) is -1.92. The van der Waals surface area contributed by atoms with Crippen LogP contribution in [0.1, 0.15) is 24.8 Å². The third-order valence-electron chi connectivity index (χ3n) is 4.57. The predicted molar refractivity (Wildman–Crippen MR) is 111 cm³/mol. The molecule has 0 aliphatic carbocycles. The van der Waals surface area contributed by atoms with Gasteiger partial charge in [0.2, 0.25) is 10.0 Å². The lowest BCUT2D eigenvalue weighted by molar-refractivity contribution is -0.383. The number of hydrogen-bond acceptors (Lipinski definition) is 8. The number of hydrazone groups is 1. The molecule has 0 radical (unpaired) electrons. The summed E-state index contributed by atoms with van der Waals surface area (Å²) in [6, 6.07) is 7.70. The summed E-state index contributed by atoms with van der Waals surface area (Å²) in [5.41, 5.74) is 3.58. The van der Waals surface area contributed by atoms with E-state index in [1.54, 1.807) is 19.2 Å². The molecule has 10 nitrogen and oxygen atoms in total. The van der Waals surface area contributed by atoms with E-state index in [0.717, 1.165) is 19.3 Å². The Morgan fingerprint density at radius 1 is 1.21 bits per heavy atom. The second-order valence-corrected chi connectivity index (χ2v) is 8.44. The number of piperidine rings is 1. The van der Waals surface area contributed by atoms with Crippen molar-refractivity contribution in [3.05, 3.63) is 52.2 Å². The molecule has 0 atom stereocenters. The van der Waals surface area contributed by atoms with E-state index in [0.29, 0.717) is 30.2 Å². The van der Waals surface area contributed by atoms with Gasteiger partial charge in [-0.05, 0) is 31.0 Å². The van der Waals surface area contributed by atoms with Gasteiger partial charge in [-0.2, -0.15) is 9.41 Å². The normalized spacial score (nSPS) is 15.3. The number of anilines is 2. The fourth-order valence-corrected chi connectivity index (χ4v) is 4.48. The molecule has 11 heteroatoms. The minimum Gasteiger partial charge on any atom is -0.383 e. The average Bonchev–Trinajstić information content (AvgIpc) is 2.74. The Bertz CT molecular complexity index is 1000. The highest BCUT2D eigenvalue weighted by molar-refractivity contribution is 7.89. The molecule has 0 saturated carbocycles. The lowest BCUT2D eigenvalue weighted by atomic mass is 10.2. The minimum absolute atomic E-state index is 0.0538. The molecular formula is C18H22N6O4S. The summed E-state index contributed by atoms with van der Waals surface area (Å²) in [5, 5.41) is 17.9. The van der Waals surface area contributed by atoms with Crippen LogP contribution in [0.4, 0.5) is 17.2 Å². The molecule has 0 spiro atoms. The second-order valence-electron chi connectivity index (χ2n) is 6.50. The molecule has 1 fully saturated rings. The lowest BCUT2D eigenvalue weighted by Gasteiger charge is -2.25. The third-order valence-corrected chi connectivity index (χ3v) is 6.45. The van der Waals surface area contributed by atoms with Crippen molar-refractivity contribution in [1.82, 2.24) is 9.29 Å². The van der Waals surface area contributed by atoms with Gasteiger partial charge in [-0.1, -0.05) is 12.5 Å². The fraction of sp³-hybridized carbons (Fsp3) is 0.333. The monoisotopic (exact) mass is 418 g/mol. The first kappa shape index (κ1) is 20.7. The van der Waals surface area contributed by atoms with E-state index in [1.165, 1.54) is 34.9 Å². The van der Waals surface area contributed by atoms with Crippen LogP contribution in [0.15, 0.2) is 46.5 Å². The van der Waals surface area contributed by atoms with E-state index in [1.807, 2.05) is 0 Å². The van der Waals surface area contributed by atoms with Crippen molar-refractivity contribution in [2.24, 2.45) is 5.10 Å². The van der Waals surface area contributed by atoms with Crippen LogP contribution in [0.25, 0.3) is 0 Å². The minimum atomic E-state index is -3.53. The van der Waals surface area contributed by atoms with Crippen molar-refractivity contribution in [3.8, 4) is 0 Å². The van der Waals surface area contributed by atoms with E-state index in [4.69, 9.17) is 0 Å². The molecule has 2 aromatic rings. The molecule has 0 amide bonds. The Balaban J connectivity index is 1.67. The number of rotatable bonds is 7. The standard InChI is InChI=1S/C18H22N6O4S/c1-19-16-7-5-14(11-17(16)24(25)26)12-21-22-18-8-6-15(13-20-18)29(27,28)23-9-3-2-4-10-23/h5-8,11-13,19H,2-4,9-10H2,1H3,(H,20,22)/b21-12+. The van der Waals surface area contributed by atoms with Crippen molar-refractivity contribution < 1.29 is 13.3 Å². The SMILES string of the molecule is CNc1ccc(/C=N/Nc2ccc(S(=O)(=O)N3CCCCC3)cn2)cc1[N+](=O)[O-]. The van der Waals surface area contributed by atoms with E-state index < -0.39 is 14.9 Å². The molecule has 2 N–H and O–H groups in total. The van der Waals surface area contributed by atoms with Gasteiger partial charge in [0.1, 0.15) is 16.4 Å². The number of nitro benzene ring substituents is 1. The van der Waals surface area contributed by atoms with Crippen LogP contribution >= 0.6 is 0 Å². The number of hydrogen-bond donors (Lipinski definition) is 2. The maximum absolute atomic E-state index is 12.6. The van der Waals surface area contributed by atoms with Crippen LogP contribution in [0.3, 0.4) is 0 Å². The van der Waals surface area contributed by atoms with Crippen molar-refractivity contribution >= 4 is 33.4 Å². The summed E-state index contributed by atoms with van der Waals surface area (Å²) in [5.74, 6) is 0.361. The van der Waals surface area contributed by atoms with Gasteiger partial charge in [-0.3, -0.25) is 15.5 Å². The molecule has 0 unspecified atom stereocenters. The Morgan fingerprint density at radius 3 is 2.59 bits per heavy atom. The van der Waals surface area contributed by atoms with Crippen LogP contribution in [0.2, 0.25) is 0 Å². The van der Waals surface area contributed by atoms with Crippen LogP contribution in [0.5, 0.6) is 0 Å². The van der Waals surface area contributed by atoms with Gasteiger partial charge >= 0.3 is 0 Å². The Kier molecular flexibility index (Phi) is 6.39. The summed E-state index contributed by atoms with van der Waals surface area (Å²) < 4.78 is 26.7. The summed E-state index contributed by atoms with van der Waals surface area (Å²) in [4.78, 5) is 14.9. The number of sulfonamides is 1. The lowest BCUT2D eigenvalue weighted by Crippen LogP contribution is -2.35. The van der Waals surface area contributed by atoms with E-state index in [-0.39, 0.29) is 10.6 Å². The molecule has 0 bridgehead atoms. The van der Waals surface area contributed by atoms with Gasteiger partial charge in [0.25, 0.3) is 5.69 Å². The van der Waals surface area contributed by atoms with Crippen molar-refractivity contribution in [3.63, 3.8) is 0 Å². The quantitative estimate of drug-likeness (QED) is 0.401. The highest BCUT2D eigenvalue weighted by Gasteiger charge is 2.26. The molecule has 29 heavy (non-hydrogen) atoms. The largest absolute Gasteiger partial charge is 0.383 e. The maximum Gasteiger partial charge on any atom is 0.292 e. The van der Waals surface area contributed by atoms with Gasteiger partial charge in [0.05, 0.1) is 11.1 Å². The van der Waals surface area contributed by atoms with Crippen molar-refractivity contribution in [1.29, 1.82) is 0 Å². The summed E-state index contributed by atoms with van der Waals surface area (Å²) >= 11 is 0. The van der Waals surface area contributed by atoms with Gasteiger partial charge in [0, 0.05) is 38.0 Å². The average molecular weight is 418 g/mol. The number of pyridine rings is 1. The fourth-order valence-electron chi connectivity index (χ4n) is 3.02. The zero-order chi connectivity index (χ0) is 20.9. The molecule has 2 heterocycles. The molecule has 154 valence electrons. The summed E-state index contributed by atoms with van der Waals surface area (Å²) in [6.45, 7) is 1.07. The van der Waals surface area contributed by atoms with E-state index in [9.17, 15) is 18.5 Å². The highest BCUT2D eigenvalue weighted by atomic mass is 32.2. The van der Waals surface area contributed by atoms with Gasteiger partial charge in [-0.25, -0.2) is 13.4 Å². The van der Waals surface area contributed by atoms with E-state index >= 15 is 0 Å². The van der Waals surface area contributed by atoms with Gasteiger partial charge < -0.3 is 5.32 Å². The number of benzene rings is 1. The second kappa shape index (κ2) is 8.97. The third kappa shape index (κ3) is 4.87. The number of aromatic nitrogens is 1. The Hall–Kier alpha value is -3.05. The molecule has 1 saturated heterocycles. The zero-order valence-electron chi connectivity index (χ0n) is 15.9. The van der Waals surface area contributed by atoms with Crippen LogP contribution in [-0.2, 0) is 10.0 Å². The van der Waals surface area contributed by atoms with E-state index in [2.05, 4.69) is 20.8 Å². The number of nitrogens with zero attached hydrogens (tertiary/aromatic N) is 4.